The van der Waals surface area contributed by atoms with Crippen molar-refractivity contribution in [2.45, 2.75) is 59.2 Å². The zero-order valence-electron chi connectivity index (χ0n) is 10.8. The summed E-state index contributed by atoms with van der Waals surface area (Å²) >= 11 is 0. The molecule has 16 heavy (non-hydrogen) atoms. The molecule has 3 heteroatoms. The zero-order valence-corrected chi connectivity index (χ0v) is 10.8. The minimum absolute atomic E-state index is 0.00847. The van der Waals surface area contributed by atoms with Gasteiger partial charge < -0.3 is 9.84 Å². The SMILES string of the molecule is CC(C)[C@@H]1CC[C@H](C)C[C@H]1OC(=O)[C@H](C)O. The van der Waals surface area contributed by atoms with Crippen molar-refractivity contribution in [1.29, 1.82) is 0 Å². The van der Waals surface area contributed by atoms with Crippen LogP contribution in [0.2, 0.25) is 0 Å². The Balaban J connectivity index is 2.61. The Morgan fingerprint density at radius 1 is 1.31 bits per heavy atom. The van der Waals surface area contributed by atoms with E-state index in [0.29, 0.717) is 17.8 Å². The normalized spacial score (nSPS) is 32.5. The van der Waals surface area contributed by atoms with Crippen molar-refractivity contribution in [3.63, 3.8) is 0 Å². The molecule has 0 aromatic carbocycles. The maximum Gasteiger partial charge on any atom is 0.334 e. The van der Waals surface area contributed by atoms with Gasteiger partial charge in [0.25, 0.3) is 0 Å². The van der Waals surface area contributed by atoms with Crippen LogP contribution in [0.4, 0.5) is 0 Å². The van der Waals surface area contributed by atoms with Crippen molar-refractivity contribution in [3.05, 3.63) is 0 Å². The predicted molar refractivity (Wildman–Crippen MR) is 62.9 cm³/mol. The van der Waals surface area contributed by atoms with E-state index >= 15 is 0 Å². The summed E-state index contributed by atoms with van der Waals surface area (Å²) < 4.78 is 5.41. The van der Waals surface area contributed by atoms with Crippen LogP contribution >= 0.6 is 0 Å². The summed E-state index contributed by atoms with van der Waals surface area (Å²) in [6.45, 7) is 7.99. The smallest absolute Gasteiger partial charge is 0.334 e. The van der Waals surface area contributed by atoms with Gasteiger partial charge in [0.05, 0.1) is 0 Å². The number of aliphatic hydroxyl groups excluding tert-OH is 1. The molecule has 0 aromatic heterocycles. The molecular formula is C13H24O3. The van der Waals surface area contributed by atoms with Gasteiger partial charge in [-0.05, 0) is 37.5 Å². The second-order valence-electron chi connectivity index (χ2n) is 5.48. The lowest BCUT2D eigenvalue weighted by Gasteiger charge is -2.36. The highest BCUT2D eigenvalue weighted by Gasteiger charge is 2.33. The van der Waals surface area contributed by atoms with E-state index in [0.717, 1.165) is 12.8 Å². The third-order valence-electron chi connectivity index (χ3n) is 3.57. The predicted octanol–water partition coefficient (Wildman–Crippen LogP) is 2.37. The average Bonchev–Trinajstić information content (AvgIpc) is 2.16. The highest BCUT2D eigenvalue weighted by molar-refractivity contribution is 5.74. The lowest BCUT2D eigenvalue weighted by atomic mass is 9.75. The first-order valence-electron chi connectivity index (χ1n) is 6.30. The monoisotopic (exact) mass is 228 g/mol. The maximum absolute atomic E-state index is 11.4. The van der Waals surface area contributed by atoms with Gasteiger partial charge in [-0.25, -0.2) is 4.79 Å². The van der Waals surface area contributed by atoms with Crippen LogP contribution < -0.4 is 0 Å². The molecule has 0 aliphatic heterocycles. The summed E-state index contributed by atoms with van der Waals surface area (Å²) in [5.41, 5.74) is 0. The molecule has 1 aliphatic rings. The fraction of sp³-hybridized carbons (Fsp3) is 0.923. The third kappa shape index (κ3) is 3.48. The number of rotatable bonds is 3. The maximum atomic E-state index is 11.4. The summed E-state index contributed by atoms with van der Waals surface area (Å²) in [5.74, 6) is 1.10. The van der Waals surface area contributed by atoms with Crippen molar-refractivity contribution >= 4 is 5.97 Å². The minimum Gasteiger partial charge on any atom is -0.460 e. The summed E-state index contributed by atoms with van der Waals surface area (Å²) in [4.78, 5) is 11.4. The Labute approximate surface area is 98.2 Å². The van der Waals surface area contributed by atoms with Crippen molar-refractivity contribution < 1.29 is 14.6 Å². The minimum atomic E-state index is -1.01. The van der Waals surface area contributed by atoms with Crippen molar-refractivity contribution in [1.82, 2.24) is 0 Å². The van der Waals surface area contributed by atoms with Crippen LogP contribution in [0.1, 0.15) is 47.0 Å². The van der Waals surface area contributed by atoms with Crippen molar-refractivity contribution in [2.24, 2.45) is 17.8 Å². The molecule has 0 heterocycles. The highest BCUT2D eigenvalue weighted by Crippen LogP contribution is 2.35. The van der Waals surface area contributed by atoms with E-state index in [1.807, 2.05) is 0 Å². The Morgan fingerprint density at radius 2 is 1.94 bits per heavy atom. The Bertz CT molecular complexity index is 235. The van der Waals surface area contributed by atoms with Crippen LogP contribution in [-0.4, -0.2) is 23.3 Å². The summed E-state index contributed by atoms with van der Waals surface area (Å²) in [5, 5.41) is 9.17. The van der Waals surface area contributed by atoms with Gasteiger partial charge in [0.15, 0.2) is 0 Å². The van der Waals surface area contributed by atoms with E-state index in [1.54, 1.807) is 0 Å². The third-order valence-corrected chi connectivity index (χ3v) is 3.57. The molecule has 0 amide bonds. The lowest BCUT2D eigenvalue weighted by Crippen LogP contribution is -2.37. The van der Waals surface area contributed by atoms with Gasteiger partial charge in [0.2, 0.25) is 0 Å². The van der Waals surface area contributed by atoms with Gasteiger partial charge in [0.1, 0.15) is 12.2 Å². The van der Waals surface area contributed by atoms with Crippen molar-refractivity contribution in [3.8, 4) is 0 Å². The first-order chi connectivity index (χ1) is 7.41. The number of hydrogen-bond donors (Lipinski definition) is 1. The Hall–Kier alpha value is -0.570. The Kier molecular flexibility index (Phi) is 4.78. The topological polar surface area (TPSA) is 46.5 Å². The zero-order chi connectivity index (χ0) is 12.3. The summed E-state index contributed by atoms with van der Waals surface area (Å²) in [6.07, 6.45) is 2.25. The van der Waals surface area contributed by atoms with Gasteiger partial charge in [-0.2, -0.15) is 0 Å². The molecule has 0 saturated heterocycles. The number of hydrogen-bond acceptors (Lipinski definition) is 3. The van der Waals surface area contributed by atoms with Gasteiger partial charge in [-0.15, -0.1) is 0 Å². The fourth-order valence-corrected chi connectivity index (χ4v) is 2.50. The molecule has 4 atom stereocenters. The average molecular weight is 228 g/mol. The van der Waals surface area contributed by atoms with E-state index in [9.17, 15) is 4.79 Å². The molecule has 1 aliphatic carbocycles. The molecule has 1 fully saturated rings. The quantitative estimate of drug-likeness (QED) is 0.754. The largest absolute Gasteiger partial charge is 0.460 e. The van der Waals surface area contributed by atoms with E-state index < -0.39 is 12.1 Å². The molecule has 3 nitrogen and oxygen atoms in total. The first kappa shape index (κ1) is 13.5. The molecule has 1 saturated carbocycles. The van der Waals surface area contributed by atoms with Crippen LogP contribution in [0.5, 0.6) is 0 Å². The van der Waals surface area contributed by atoms with Crippen LogP contribution in [0.3, 0.4) is 0 Å². The molecule has 0 spiro atoms. The summed E-state index contributed by atoms with van der Waals surface area (Å²) in [6, 6.07) is 0. The van der Waals surface area contributed by atoms with Gasteiger partial charge in [0, 0.05) is 0 Å². The standard InChI is InChI=1S/C13H24O3/c1-8(2)11-6-5-9(3)7-12(11)16-13(15)10(4)14/h8-12,14H,5-7H2,1-4H3/t9-,10-,11-,12+/m0/s1. The van der Waals surface area contributed by atoms with Crippen LogP contribution in [0.25, 0.3) is 0 Å². The number of esters is 1. The number of carbonyl (C=O) groups is 1. The second kappa shape index (κ2) is 5.67. The Morgan fingerprint density at radius 3 is 2.44 bits per heavy atom. The van der Waals surface area contributed by atoms with Gasteiger partial charge in [-0.3, -0.25) is 0 Å². The number of aliphatic hydroxyl groups is 1. The molecule has 0 bridgehead atoms. The number of carbonyl (C=O) groups excluding carboxylic acids is 1. The molecule has 1 N–H and O–H groups in total. The molecular weight excluding hydrogens is 204 g/mol. The van der Waals surface area contributed by atoms with E-state index in [4.69, 9.17) is 9.84 Å². The van der Waals surface area contributed by atoms with E-state index in [1.165, 1.54) is 13.3 Å². The molecule has 1 rings (SSSR count). The molecule has 94 valence electrons. The van der Waals surface area contributed by atoms with Crippen LogP contribution in [0, 0.1) is 17.8 Å². The van der Waals surface area contributed by atoms with Gasteiger partial charge in [-0.1, -0.05) is 27.2 Å². The van der Waals surface area contributed by atoms with E-state index in [2.05, 4.69) is 20.8 Å². The van der Waals surface area contributed by atoms with Crippen molar-refractivity contribution in [2.75, 3.05) is 0 Å². The lowest BCUT2D eigenvalue weighted by molar-refractivity contribution is -0.164. The highest BCUT2D eigenvalue weighted by atomic mass is 16.6. The summed E-state index contributed by atoms with van der Waals surface area (Å²) in [7, 11) is 0. The second-order valence-corrected chi connectivity index (χ2v) is 5.48. The molecule has 0 radical (unpaired) electrons. The molecule has 0 aromatic rings. The van der Waals surface area contributed by atoms with Crippen LogP contribution in [0.15, 0.2) is 0 Å². The number of ether oxygens (including phenoxy) is 1. The van der Waals surface area contributed by atoms with Gasteiger partial charge >= 0.3 is 5.97 Å². The van der Waals surface area contributed by atoms with Crippen LogP contribution in [-0.2, 0) is 9.53 Å². The molecule has 0 unspecified atom stereocenters. The fourth-order valence-electron chi connectivity index (χ4n) is 2.50. The first-order valence-corrected chi connectivity index (χ1v) is 6.30. The van der Waals surface area contributed by atoms with E-state index in [-0.39, 0.29) is 6.10 Å².